The molecule has 0 aliphatic heterocycles. The van der Waals surface area contributed by atoms with Crippen LogP contribution in [0.3, 0.4) is 0 Å². The fraction of sp³-hybridized carbons (Fsp3) is 0. The molecule has 0 aliphatic carbocycles. The number of hydrogen-bond acceptors (Lipinski definition) is 0. The number of rotatable bonds is 1. The monoisotopic (exact) mass is 185 g/mol. The number of hydrogen-bond donors (Lipinski definition) is 1. The van der Waals surface area contributed by atoms with Crippen molar-refractivity contribution in [2.24, 2.45) is 0 Å². The molecule has 0 unspecified atom stereocenters. The fourth-order valence-corrected chi connectivity index (χ4v) is 0.564. The van der Waals surface area contributed by atoms with Gasteiger partial charge in [-0.1, -0.05) is 18.2 Å². The van der Waals surface area contributed by atoms with Crippen LogP contribution < -0.4 is 22.4 Å². The summed E-state index contributed by atoms with van der Waals surface area (Å²) in [6.45, 7) is 0. The molecule has 0 amide bonds. The fourth-order valence-electron chi connectivity index (χ4n) is 0.564. The molecule has 1 aromatic carbocycles. The van der Waals surface area contributed by atoms with E-state index in [0.717, 1.165) is 5.56 Å². The van der Waals surface area contributed by atoms with E-state index in [-0.39, 0.29) is 17.0 Å². The van der Waals surface area contributed by atoms with Gasteiger partial charge in [-0.05, 0) is 12.1 Å². The van der Waals surface area contributed by atoms with Crippen LogP contribution in [0.15, 0.2) is 30.3 Å². The molecule has 1 aromatic rings. The van der Waals surface area contributed by atoms with Gasteiger partial charge in [-0.2, -0.15) is 0 Å². The highest BCUT2D eigenvalue weighted by Crippen LogP contribution is 1.90. The van der Waals surface area contributed by atoms with E-state index in [4.69, 9.17) is 5.41 Å². The summed E-state index contributed by atoms with van der Waals surface area (Å²) in [4.78, 5) is 0. The van der Waals surface area contributed by atoms with Crippen LogP contribution in [-0.4, -0.2) is 6.21 Å². The summed E-state index contributed by atoms with van der Waals surface area (Å²) in [7, 11) is 0. The predicted molar refractivity (Wildman–Crippen MR) is 33.5 cm³/mol. The molecule has 0 aromatic heterocycles. The largest absolute Gasteiger partial charge is 1.00 e. The Morgan fingerprint density at radius 1 is 1.11 bits per heavy atom. The molecule has 1 nitrogen and oxygen atoms in total. The van der Waals surface area contributed by atoms with Crippen molar-refractivity contribution >= 4 is 6.21 Å². The third kappa shape index (κ3) is 2.42. The average molecular weight is 186 g/mol. The van der Waals surface area contributed by atoms with Gasteiger partial charge in [0.2, 0.25) is 0 Å². The predicted octanol–water partition coefficient (Wildman–Crippen LogP) is -3.13. The lowest BCUT2D eigenvalue weighted by molar-refractivity contribution is -0.104. The molecule has 0 atom stereocenters. The summed E-state index contributed by atoms with van der Waals surface area (Å²) < 4.78 is 0. The maximum absolute atomic E-state index is 5.22. The maximum atomic E-state index is 5.22. The summed E-state index contributed by atoms with van der Waals surface area (Å²) in [6.07, 6.45) is 1.58. The van der Waals surface area contributed by atoms with Crippen LogP contribution >= 0.6 is 0 Å². The highest BCUT2D eigenvalue weighted by molar-refractivity contribution is 5.74. The first-order valence-electron chi connectivity index (χ1n) is 2.53. The van der Waals surface area contributed by atoms with Crippen molar-refractivity contribution in [3.05, 3.63) is 35.9 Å². The first-order valence-corrected chi connectivity index (χ1v) is 2.53. The molecule has 2 heteroatoms. The van der Waals surface area contributed by atoms with Crippen molar-refractivity contribution in [2.75, 3.05) is 0 Å². The Bertz CT molecular complexity index is 172. The first-order chi connectivity index (χ1) is 3.93. The summed E-state index contributed by atoms with van der Waals surface area (Å²) >= 11 is 0. The summed E-state index contributed by atoms with van der Waals surface area (Å²) in [5, 5.41) is 5.22. The molecule has 1 rings (SSSR count). The average Bonchev–Trinajstić information content (AvgIpc) is 1.90. The molecule has 9 heavy (non-hydrogen) atoms. The Kier molecular flexibility index (Phi) is 3.97. The van der Waals surface area contributed by atoms with Crippen molar-refractivity contribution in [1.29, 1.82) is 0 Å². The van der Waals surface area contributed by atoms with Gasteiger partial charge in [0.25, 0.3) is 0 Å². The normalized spacial score (nSPS) is 7.56. The van der Waals surface area contributed by atoms with Crippen molar-refractivity contribution < 1.29 is 22.4 Å². The first kappa shape index (κ1) is 8.37. The maximum Gasteiger partial charge on any atom is 0.167 e. The van der Waals surface area contributed by atoms with Crippen LogP contribution in [0.2, 0.25) is 0 Å². The molecule has 0 spiro atoms. The second-order valence-corrected chi connectivity index (χ2v) is 1.58. The van der Waals surface area contributed by atoms with E-state index in [9.17, 15) is 0 Å². The SMILES string of the molecule is [Br-].[NH2+]=Cc1ccccc1. The zero-order valence-corrected chi connectivity index (χ0v) is 6.51. The minimum absolute atomic E-state index is 0. The number of halogens is 1. The standard InChI is InChI=1S/C7H7N.BrH/c8-6-7-4-2-1-3-5-7;/h1-6,8H;1H. The second-order valence-electron chi connectivity index (χ2n) is 1.58. The highest BCUT2D eigenvalue weighted by Gasteiger charge is 1.81. The van der Waals surface area contributed by atoms with Crippen molar-refractivity contribution in [3.63, 3.8) is 0 Å². The zero-order valence-electron chi connectivity index (χ0n) is 4.92. The van der Waals surface area contributed by atoms with Crippen LogP contribution in [0.4, 0.5) is 0 Å². The molecule has 0 fully saturated rings. The topological polar surface area (TPSA) is 25.6 Å². The van der Waals surface area contributed by atoms with Gasteiger partial charge in [-0.25, -0.2) is 0 Å². The van der Waals surface area contributed by atoms with E-state index >= 15 is 0 Å². The van der Waals surface area contributed by atoms with Crippen LogP contribution in [0.25, 0.3) is 0 Å². The van der Waals surface area contributed by atoms with Crippen molar-refractivity contribution in [3.8, 4) is 0 Å². The van der Waals surface area contributed by atoms with Gasteiger partial charge in [-0.15, -0.1) is 0 Å². The van der Waals surface area contributed by atoms with Crippen molar-refractivity contribution in [2.45, 2.75) is 0 Å². The molecule has 2 N–H and O–H groups in total. The van der Waals surface area contributed by atoms with E-state index in [2.05, 4.69) is 0 Å². The van der Waals surface area contributed by atoms with Crippen LogP contribution in [0.1, 0.15) is 5.56 Å². The molecule has 0 heterocycles. The smallest absolute Gasteiger partial charge is 0.167 e. The van der Waals surface area contributed by atoms with Gasteiger partial charge in [0.1, 0.15) is 0 Å². The number of nitrogens with two attached hydrogens (primary N) is 1. The van der Waals surface area contributed by atoms with Gasteiger partial charge in [0, 0.05) is 5.56 Å². The quantitative estimate of drug-likeness (QED) is 0.449. The molecule has 0 radical (unpaired) electrons. The zero-order chi connectivity index (χ0) is 5.82. The minimum Gasteiger partial charge on any atom is -1.00 e. The molecule has 0 bridgehead atoms. The van der Waals surface area contributed by atoms with Crippen LogP contribution in [0, 0.1) is 0 Å². The lowest BCUT2D eigenvalue weighted by atomic mass is 10.2. The Morgan fingerprint density at radius 3 is 2.00 bits per heavy atom. The Morgan fingerprint density at radius 2 is 1.67 bits per heavy atom. The van der Waals surface area contributed by atoms with E-state index < -0.39 is 0 Å². The Hall–Kier alpha value is -0.630. The minimum atomic E-state index is 0. The molecule has 0 aliphatic rings. The highest BCUT2D eigenvalue weighted by atomic mass is 79.9. The van der Waals surface area contributed by atoms with E-state index in [1.807, 2.05) is 30.3 Å². The van der Waals surface area contributed by atoms with Gasteiger partial charge in [0.05, 0.1) is 0 Å². The van der Waals surface area contributed by atoms with Gasteiger partial charge in [-0.3, -0.25) is 5.41 Å². The van der Waals surface area contributed by atoms with Crippen molar-refractivity contribution in [1.82, 2.24) is 0 Å². The Balaban J connectivity index is 0.000000640. The lowest BCUT2D eigenvalue weighted by Gasteiger charge is -1.81. The van der Waals surface area contributed by atoms with Gasteiger partial charge >= 0.3 is 0 Å². The lowest BCUT2D eigenvalue weighted by Crippen LogP contribution is -3.00. The van der Waals surface area contributed by atoms with Crippen LogP contribution in [-0.2, 0) is 0 Å². The van der Waals surface area contributed by atoms with E-state index in [0.29, 0.717) is 0 Å². The summed E-state index contributed by atoms with van der Waals surface area (Å²) in [5.41, 5.74) is 1.06. The molecular weight excluding hydrogens is 178 g/mol. The summed E-state index contributed by atoms with van der Waals surface area (Å²) in [6, 6.07) is 9.80. The second kappa shape index (κ2) is 4.27. The molecule has 0 saturated carbocycles. The molecule has 0 saturated heterocycles. The van der Waals surface area contributed by atoms with Gasteiger partial charge < -0.3 is 17.0 Å². The Labute approximate surface area is 65.0 Å². The molecule has 48 valence electrons. The van der Waals surface area contributed by atoms with E-state index in [1.165, 1.54) is 0 Å². The van der Waals surface area contributed by atoms with Crippen LogP contribution in [0.5, 0.6) is 0 Å². The van der Waals surface area contributed by atoms with Gasteiger partial charge in [0.15, 0.2) is 6.21 Å². The molecular formula is C7H8BrN. The summed E-state index contributed by atoms with van der Waals surface area (Å²) in [5.74, 6) is 0. The third-order valence-corrected chi connectivity index (χ3v) is 0.992. The van der Waals surface area contributed by atoms with E-state index in [1.54, 1.807) is 6.21 Å². The third-order valence-electron chi connectivity index (χ3n) is 0.992. The number of benzene rings is 1.